The lowest BCUT2D eigenvalue weighted by molar-refractivity contribution is 0.806. The number of hydrogen-bond donors (Lipinski definition) is 1. The van der Waals surface area contributed by atoms with Crippen LogP contribution in [0.1, 0.15) is 36.2 Å². The molecule has 1 aliphatic rings. The Balaban J connectivity index is 1.38. The molecule has 0 spiro atoms. The number of pyridine rings is 2. The SMILES string of the molecule is Cc1nc(-c2cccnc2)sc1-c1ccc2c(n1)/C(=C/CCNc1ncccn1)CCC2. The first kappa shape index (κ1) is 20.5. The van der Waals surface area contributed by atoms with E-state index in [0.717, 1.165) is 58.3 Å². The first-order valence-electron chi connectivity index (χ1n) is 10.9. The Morgan fingerprint density at radius 3 is 2.78 bits per heavy atom. The van der Waals surface area contributed by atoms with Gasteiger partial charge in [0.15, 0.2) is 0 Å². The zero-order chi connectivity index (χ0) is 21.8. The molecule has 0 atom stereocenters. The van der Waals surface area contributed by atoms with E-state index in [1.165, 1.54) is 17.6 Å². The predicted molar refractivity (Wildman–Crippen MR) is 129 cm³/mol. The van der Waals surface area contributed by atoms with Crippen LogP contribution in [0.4, 0.5) is 5.95 Å². The Bertz CT molecular complexity index is 1230. The largest absolute Gasteiger partial charge is 0.354 e. The van der Waals surface area contributed by atoms with E-state index in [1.54, 1.807) is 29.9 Å². The number of nitrogens with one attached hydrogen (secondary N) is 1. The summed E-state index contributed by atoms with van der Waals surface area (Å²) in [6, 6.07) is 10.2. The van der Waals surface area contributed by atoms with E-state index in [-0.39, 0.29) is 0 Å². The van der Waals surface area contributed by atoms with Crippen molar-refractivity contribution in [2.24, 2.45) is 0 Å². The number of rotatable bonds is 6. The van der Waals surface area contributed by atoms with Crippen molar-refractivity contribution in [2.75, 3.05) is 11.9 Å². The molecule has 4 heterocycles. The third-order valence-corrected chi connectivity index (χ3v) is 6.73. The Hall–Kier alpha value is -3.45. The highest BCUT2D eigenvalue weighted by atomic mass is 32.1. The number of fused-ring (bicyclic) bond motifs is 1. The van der Waals surface area contributed by atoms with E-state index < -0.39 is 0 Å². The lowest BCUT2D eigenvalue weighted by atomic mass is 9.90. The van der Waals surface area contributed by atoms with Gasteiger partial charge in [-0.15, -0.1) is 11.3 Å². The number of aromatic nitrogens is 5. The molecule has 5 rings (SSSR count). The van der Waals surface area contributed by atoms with Gasteiger partial charge in [-0.05, 0) is 68.0 Å². The summed E-state index contributed by atoms with van der Waals surface area (Å²) in [5, 5.41) is 4.25. The van der Waals surface area contributed by atoms with Gasteiger partial charge in [0.05, 0.1) is 22.0 Å². The first-order valence-corrected chi connectivity index (χ1v) is 11.7. The summed E-state index contributed by atoms with van der Waals surface area (Å²) in [4.78, 5) is 23.7. The quantitative estimate of drug-likeness (QED) is 0.394. The lowest BCUT2D eigenvalue weighted by Gasteiger charge is -2.19. The standard InChI is InChI=1S/C25H24N6S/c1-17-23(32-24(30-17)20-9-3-12-26-16-20)21-11-10-19-7-2-6-18(22(19)31-21)8-4-13-27-25-28-14-5-15-29-25/h3,5,8-12,14-16H,2,4,6-7,13H2,1H3,(H,27,28,29)/b18-8+. The molecule has 0 radical (unpaired) electrons. The van der Waals surface area contributed by atoms with Crippen LogP contribution >= 0.6 is 11.3 Å². The summed E-state index contributed by atoms with van der Waals surface area (Å²) in [6.45, 7) is 2.85. The van der Waals surface area contributed by atoms with Gasteiger partial charge in [-0.25, -0.2) is 19.9 Å². The summed E-state index contributed by atoms with van der Waals surface area (Å²) in [7, 11) is 0. The number of aryl methyl sites for hydroxylation is 2. The Morgan fingerprint density at radius 2 is 1.94 bits per heavy atom. The molecular weight excluding hydrogens is 416 g/mol. The molecule has 4 aromatic heterocycles. The van der Waals surface area contributed by atoms with E-state index in [1.807, 2.05) is 24.4 Å². The fourth-order valence-electron chi connectivity index (χ4n) is 3.95. The van der Waals surface area contributed by atoms with E-state index in [0.29, 0.717) is 5.95 Å². The minimum Gasteiger partial charge on any atom is -0.354 e. The van der Waals surface area contributed by atoms with Crippen LogP contribution in [-0.2, 0) is 6.42 Å². The molecule has 0 bridgehead atoms. The second-order valence-electron chi connectivity index (χ2n) is 7.75. The number of nitrogens with zero attached hydrogens (tertiary/aromatic N) is 5. The van der Waals surface area contributed by atoms with Crippen LogP contribution in [0.15, 0.2) is 61.2 Å². The Morgan fingerprint density at radius 1 is 1.03 bits per heavy atom. The van der Waals surface area contributed by atoms with Crippen molar-refractivity contribution in [3.05, 3.63) is 78.1 Å². The minimum absolute atomic E-state index is 0.667. The van der Waals surface area contributed by atoms with Gasteiger partial charge in [0.25, 0.3) is 0 Å². The molecular formula is C25H24N6S. The van der Waals surface area contributed by atoms with Gasteiger partial charge >= 0.3 is 0 Å². The highest BCUT2D eigenvalue weighted by molar-refractivity contribution is 7.18. The van der Waals surface area contributed by atoms with Gasteiger partial charge < -0.3 is 5.32 Å². The van der Waals surface area contributed by atoms with Crippen molar-refractivity contribution >= 4 is 22.9 Å². The summed E-state index contributed by atoms with van der Waals surface area (Å²) < 4.78 is 0. The van der Waals surface area contributed by atoms with Crippen LogP contribution in [0.3, 0.4) is 0 Å². The smallest absolute Gasteiger partial charge is 0.222 e. The second kappa shape index (κ2) is 9.36. The van der Waals surface area contributed by atoms with Crippen molar-refractivity contribution in [3.8, 4) is 21.1 Å². The molecule has 0 saturated carbocycles. The van der Waals surface area contributed by atoms with Gasteiger partial charge in [-0.2, -0.15) is 0 Å². The summed E-state index contributed by atoms with van der Waals surface area (Å²) in [5.74, 6) is 0.667. The summed E-state index contributed by atoms with van der Waals surface area (Å²) in [5.41, 5.74) is 6.85. The van der Waals surface area contributed by atoms with Crippen molar-refractivity contribution in [3.63, 3.8) is 0 Å². The molecule has 4 aromatic rings. The molecule has 0 fully saturated rings. The van der Waals surface area contributed by atoms with Gasteiger partial charge in [0.1, 0.15) is 5.01 Å². The molecule has 1 N–H and O–H groups in total. The highest BCUT2D eigenvalue weighted by Gasteiger charge is 2.19. The average molecular weight is 441 g/mol. The maximum atomic E-state index is 5.11. The highest BCUT2D eigenvalue weighted by Crippen LogP contribution is 2.37. The third kappa shape index (κ3) is 4.43. The van der Waals surface area contributed by atoms with Crippen molar-refractivity contribution in [1.29, 1.82) is 0 Å². The molecule has 7 heteroatoms. The summed E-state index contributed by atoms with van der Waals surface area (Å²) >= 11 is 1.68. The fourth-order valence-corrected chi connectivity index (χ4v) is 4.97. The van der Waals surface area contributed by atoms with Crippen molar-refractivity contribution in [1.82, 2.24) is 24.9 Å². The number of anilines is 1. The van der Waals surface area contributed by atoms with Crippen molar-refractivity contribution in [2.45, 2.75) is 32.6 Å². The normalized spacial score (nSPS) is 14.3. The topological polar surface area (TPSA) is 76.5 Å². The summed E-state index contributed by atoms with van der Waals surface area (Å²) in [6.07, 6.45) is 13.7. The molecule has 160 valence electrons. The van der Waals surface area contributed by atoms with Crippen LogP contribution < -0.4 is 5.32 Å². The molecule has 0 amide bonds. The zero-order valence-corrected chi connectivity index (χ0v) is 18.8. The van der Waals surface area contributed by atoms with Crippen molar-refractivity contribution < 1.29 is 0 Å². The van der Waals surface area contributed by atoms with Gasteiger partial charge in [0.2, 0.25) is 5.95 Å². The van der Waals surface area contributed by atoms with Gasteiger partial charge in [-0.1, -0.05) is 12.1 Å². The molecule has 0 aliphatic heterocycles. The predicted octanol–water partition coefficient (Wildman–Crippen LogP) is 5.59. The maximum absolute atomic E-state index is 5.11. The van der Waals surface area contributed by atoms with Crippen LogP contribution in [0.25, 0.3) is 26.7 Å². The third-order valence-electron chi connectivity index (χ3n) is 5.50. The molecule has 1 aliphatic carbocycles. The molecule has 32 heavy (non-hydrogen) atoms. The molecule has 0 aromatic carbocycles. The number of allylic oxidation sites excluding steroid dienone is 1. The van der Waals surface area contributed by atoms with E-state index >= 15 is 0 Å². The monoisotopic (exact) mass is 440 g/mol. The zero-order valence-electron chi connectivity index (χ0n) is 18.0. The number of thiazole rings is 1. The molecule has 0 unspecified atom stereocenters. The van der Waals surface area contributed by atoms with Gasteiger partial charge in [-0.3, -0.25) is 4.98 Å². The van der Waals surface area contributed by atoms with E-state index in [9.17, 15) is 0 Å². The van der Waals surface area contributed by atoms with Crippen LogP contribution in [0.5, 0.6) is 0 Å². The first-order chi connectivity index (χ1) is 15.8. The number of hydrogen-bond acceptors (Lipinski definition) is 7. The van der Waals surface area contributed by atoms with Crippen LogP contribution in [-0.4, -0.2) is 31.5 Å². The fraction of sp³-hybridized carbons (Fsp3) is 0.240. The lowest BCUT2D eigenvalue weighted by Crippen LogP contribution is -2.07. The van der Waals surface area contributed by atoms with Crippen LogP contribution in [0, 0.1) is 6.92 Å². The van der Waals surface area contributed by atoms with E-state index in [4.69, 9.17) is 9.97 Å². The minimum atomic E-state index is 0.667. The van der Waals surface area contributed by atoms with E-state index in [2.05, 4.69) is 45.4 Å². The second-order valence-corrected chi connectivity index (χ2v) is 8.75. The molecule has 0 saturated heterocycles. The molecule has 6 nitrogen and oxygen atoms in total. The maximum Gasteiger partial charge on any atom is 0.222 e. The average Bonchev–Trinajstić information content (AvgIpc) is 3.24. The van der Waals surface area contributed by atoms with Crippen LogP contribution in [0.2, 0.25) is 0 Å². The Kier molecular flexibility index (Phi) is 5.98. The Labute approximate surface area is 191 Å². The van der Waals surface area contributed by atoms with Gasteiger partial charge in [0, 0.05) is 36.9 Å².